The summed E-state index contributed by atoms with van der Waals surface area (Å²) >= 11 is 0. The van der Waals surface area contributed by atoms with E-state index in [4.69, 9.17) is 0 Å². The van der Waals surface area contributed by atoms with E-state index < -0.39 is 23.3 Å². The quantitative estimate of drug-likeness (QED) is 0.331. The molecule has 0 fully saturated rings. The van der Waals surface area contributed by atoms with E-state index in [9.17, 15) is 19.8 Å². The monoisotopic (exact) mass is 352 g/mol. The Morgan fingerprint density at radius 3 is 2.16 bits per heavy atom. The zero-order chi connectivity index (χ0) is 18.7. The van der Waals surface area contributed by atoms with Crippen molar-refractivity contribution < 1.29 is 19.8 Å². The number of hydrogen-bond acceptors (Lipinski definition) is 2. The van der Waals surface area contributed by atoms with Gasteiger partial charge in [-0.3, -0.25) is 9.59 Å². The van der Waals surface area contributed by atoms with Gasteiger partial charge in [-0.25, -0.2) is 0 Å². The minimum Gasteiger partial charge on any atom is -0.481 e. The van der Waals surface area contributed by atoms with Gasteiger partial charge in [-0.1, -0.05) is 77.4 Å². The van der Waals surface area contributed by atoms with Crippen LogP contribution in [-0.4, -0.2) is 22.2 Å². The summed E-state index contributed by atoms with van der Waals surface area (Å²) < 4.78 is 0. The van der Waals surface area contributed by atoms with Crippen LogP contribution in [0.1, 0.15) is 90.9 Å². The largest absolute Gasteiger partial charge is 0.481 e. The fourth-order valence-corrected chi connectivity index (χ4v) is 3.98. The highest BCUT2D eigenvalue weighted by molar-refractivity contribution is 5.85. The molecule has 0 aliphatic heterocycles. The number of allylic oxidation sites excluding steroid dienone is 1. The average Bonchev–Trinajstić information content (AvgIpc) is 2.59. The third-order valence-corrected chi connectivity index (χ3v) is 5.69. The smallest absolute Gasteiger partial charge is 0.314 e. The van der Waals surface area contributed by atoms with Crippen molar-refractivity contribution in [2.75, 3.05) is 0 Å². The number of carboxylic acid groups (broad SMARTS) is 2. The van der Waals surface area contributed by atoms with Gasteiger partial charge < -0.3 is 10.2 Å². The van der Waals surface area contributed by atoms with E-state index in [1.54, 1.807) is 6.08 Å². The maximum absolute atomic E-state index is 12.0. The maximum Gasteiger partial charge on any atom is 0.314 e. The number of aliphatic carboxylic acids is 2. The van der Waals surface area contributed by atoms with E-state index in [2.05, 4.69) is 13.8 Å². The summed E-state index contributed by atoms with van der Waals surface area (Å²) in [5, 5.41) is 19.5. The summed E-state index contributed by atoms with van der Waals surface area (Å²) in [6, 6.07) is 0. The molecule has 1 aliphatic rings. The van der Waals surface area contributed by atoms with Crippen LogP contribution in [0.2, 0.25) is 0 Å². The van der Waals surface area contributed by atoms with Crippen molar-refractivity contribution in [1.82, 2.24) is 0 Å². The van der Waals surface area contributed by atoms with Gasteiger partial charge in [0.25, 0.3) is 0 Å². The Bertz CT molecular complexity index is 443. The van der Waals surface area contributed by atoms with Gasteiger partial charge in [0, 0.05) is 0 Å². The first-order valence-corrected chi connectivity index (χ1v) is 10.1. The van der Waals surface area contributed by atoms with Crippen LogP contribution < -0.4 is 0 Å². The van der Waals surface area contributed by atoms with Crippen LogP contribution in [0.4, 0.5) is 0 Å². The summed E-state index contributed by atoms with van der Waals surface area (Å²) in [6.07, 6.45) is 15.2. The molecule has 0 aromatic rings. The Balaban J connectivity index is 2.75. The first-order valence-electron chi connectivity index (χ1n) is 10.1. The van der Waals surface area contributed by atoms with E-state index in [-0.39, 0.29) is 0 Å². The molecule has 0 heterocycles. The predicted molar refractivity (Wildman–Crippen MR) is 101 cm³/mol. The molecular formula is C21H36O4. The van der Waals surface area contributed by atoms with Gasteiger partial charge in [-0.2, -0.15) is 0 Å². The Hall–Kier alpha value is -1.32. The van der Waals surface area contributed by atoms with Crippen LogP contribution in [0.15, 0.2) is 12.2 Å². The van der Waals surface area contributed by atoms with Crippen LogP contribution in [0.5, 0.6) is 0 Å². The van der Waals surface area contributed by atoms with Gasteiger partial charge in [0.1, 0.15) is 0 Å². The summed E-state index contributed by atoms with van der Waals surface area (Å²) in [6.45, 7) is 4.30. The van der Waals surface area contributed by atoms with E-state index in [1.807, 2.05) is 6.08 Å². The molecule has 3 unspecified atom stereocenters. The standard InChI is InChI=1S/C21H36O4/c1-3-5-7-9-11-17-13-15-21(16-14-17,20(24)25)18(19(22)23)12-10-8-6-4-2/h13,15,17-18H,3-12,14,16H2,1-2H3,(H,22,23)(H,24,25). The number of carbonyl (C=O) groups is 2. The number of unbranched alkanes of at least 4 members (excludes halogenated alkanes) is 6. The summed E-state index contributed by atoms with van der Waals surface area (Å²) in [4.78, 5) is 23.8. The normalized spacial score (nSPS) is 24.2. The molecule has 0 bridgehead atoms. The van der Waals surface area contributed by atoms with Crippen LogP contribution in [0.3, 0.4) is 0 Å². The molecule has 0 spiro atoms. The molecule has 3 atom stereocenters. The van der Waals surface area contributed by atoms with Crippen LogP contribution in [0, 0.1) is 17.3 Å². The van der Waals surface area contributed by atoms with E-state index in [0.717, 1.165) is 38.5 Å². The fourth-order valence-electron chi connectivity index (χ4n) is 3.98. The second kappa shape index (κ2) is 11.3. The first kappa shape index (κ1) is 21.7. The Kier molecular flexibility index (Phi) is 9.84. The Morgan fingerprint density at radius 1 is 1.04 bits per heavy atom. The molecule has 25 heavy (non-hydrogen) atoms. The van der Waals surface area contributed by atoms with Gasteiger partial charge >= 0.3 is 11.9 Å². The van der Waals surface area contributed by atoms with Crippen LogP contribution >= 0.6 is 0 Å². The Morgan fingerprint density at radius 2 is 1.68 bits per heavy atom. The molecule has 0 amide bonds. The fraction of sp³-hybridized carbons (Fsp3) is 0.810. The highest BCUT2D eigenvalue weighted by atomic mass is 16.4. The maximum atomic E-state index is 12.0. The van der Waals surface area contributed by atoms with Crippen molar-refractivity contribution in [3.05, 3.63) is 12.2 Å². The molecule has 0 aromatic heterocycles. The van der Waals surface area contributed by atoms with E-state index >= 15 is 0 Å². The molecule has 2 N–H and O–H groups in total. The second-order valence-electron chi connectivity index (χ2n) is 7.59. The van der Waals surface area contributed by atoms with Crippen molar-refractivity contribution in [3.63, 3.8) is 0 Å². The van der Waals surface area contributed by atoms with Gasteiger partial charge in [0.15, 0.2) is 0 Å². The first-order chi connectivity index (χ1) is 12.0. The van der Waals surface area contributed by atoms with Crippen molar-refractivity contribution >= 4 is 11.9 Å². The molecule has 0 saturated heterocycles. The lowest BCUT2D eigenvalue weighted by Crippen LogP contribution is -2.43. The average molecular weight is 353 g/mol. The number of carboxylic acids is 2. The van der Waals surface area contributed by atoms with Crippen LogP contribution in [-0.2, 0) is 9.59 Å². The lowest BCUT2D eigenvalue weighted by atomic mass is 9.65. The molecule has 0 saturated carbocycles. The SMILES string of the molecule is CCCCCCC1C=CC(C(=O)O)(C(CCCCCC)C(=O)O)CC1. The zero-order valence-electron chi connectivity index (χ0n) is 16.0. The molecule has 4 heteroatoms. The number of hydrogen-bond donors (Lipinski definition) is 2. The lowest BCUT2D eigenvalue weighted by Gasteiger charge is -2.36. The van der Waals surface area contributed by atoms with Crippen molar-refractivity contribution in [2.45, 2.75) is 90.9 Å². The predicted octanol–water partition coefficient (Wildman–Crippen LogP) is 5.67. The third-order valence-electron chi connectivity index (χ3n) is 5.69. The Labute approximate surface area is 152 Å². The summed E-state index contributed by atoms with van der Waals surface area (Å²) in [5.74, 6) is -2.36. The molecule has 0 radical (unpaired) electrons. The molecule has 144 valence electrons. The third kappa shape index (κ3) is 6.48. The molecule has 4 nitrogen and oxygen atoms in total. The van der Waals surface area contributed by atoms with Crippen LogP contribution in [0.25, 0.3) is 0 Å². The zero-order valence-corrected chi connectivity index (χ0v) is 16.0. The van der Waals surface area contributed by atoms with Crippen molar-refractivity contribution in [1.29, 1.82) is 0 Å². The molecule has 1 rings (SSSR count). The minimum atomic E-state index is -1.22. The lowest BCUT2D eigenvalue weighted by molar-refractivity contribution is -0.160. The second-order valence-corrected chi connectivity index (χ2v) is 7.59. The molecule has 1 aliphatic carbocycles. The molecule has 0 aromatic carbocycles. The minimum absolute atomic E-state index is 0.402. The number of rotatable bonds is 13. The van der Waals surface area contributed by atoms with Gasteiger partial charge in [0.05, 0.1) is 11.3 Å². The van der Waals surface area contributed by atoms with Gasteiger partial charge in [0.2, 0.25) is 0 Å². The van der Waals surface area contributed by atoms with E-state index in [0.29, 0.717) is 18.8 Å². The topological polar surface area (TPSA) is 74.6 Å². The van der Waals surface area contributed by atoms with Crippen molar-refractivity contribution in [2.24, 2.45) is 17.3 Å². The van der Waals surface area contributed by atoms with Crippen molar-refractivity contribution in [3.8, 4) is 0 Å². The highest BCUT2D eigenvalue weighted by Gasteiger charge is 2.48. The van der Waals surface area contributed by atoms with Gasteiger partial charge in [-0.05, 0) is 31.6 Å². The summed E-state index contributed by atoms with van der Waals surface area (Å²) in [7, 11) is 0. The molecular weight excluding hydrogens is 316 g/mol. The van der Waals surface area contributed by atoms with Gasteiger partial charge in [-0.15, -0.1) is 0 Å². The summed E-state index contributed by atoms with van der Waals surface area (Å²) in [5.41, 5.74) is -1.22. The van der Waals surface area contributed by atoms with E-state index in [1.165, 1.54) is 25.7 Å². The highest BCUT2D eigenvalue weighted by Crippen LogP contribution is 2.43.